The van der Waals surface area contributed by atoms with Crippen molar-refractivity contribution in [1.29, 1.82) is 0 Å². The number of hydrogen-bond donors (Lipinski definition) is 0. The SMILES string of the molecule is Cc1nc(-c2cnc3cccc(F)c3c2)nn1C. The molecule has 0 radical (unpaired) electrons. The number of aryl methyl sites for hydroxylation is 2. The van der Waals surface area contributed by atoms with E-state index in [-0.39, 0.29) is 5.82 Å². The molecule has 0 bridgehead atoms. The van der Waals surface area contributed by atoms with E-state index in [2.05, 4.69) is 15.1 Å². The maximum Gasteiger partial charge on any atom is 0.182 e. The number of rotatable bonds is 1. The van der Waals surface area contributed by atoms with Crippen LogP contribution >= 0.6 is 0 Å². The molecule has 0 aliphatic rings. The Morgan fingerprint density at radius 3 is 2.83 bits per heavy atom. The number of benzene rings is 1. The molecule has 0 aliphatic heterocycles. The van der Waals surface area contributed by atoms with E-state index in [0.29, 0.717) is 16.7 Å². The van der Waals surface area contributed by atoms with Crippen LogP contribution in [0.2, 0.25) is 0 Å². The van der Waals surface area contributed by atoms with Gasteiger partial charge in [0.15, 0.2) is 5.82 Å². The lowest BCUT2D eigenvalue weighted by atomic mass is 10.1. The molecule has 0 saturated carbocycles. The van der Waals surface area contributed by atoms with Crippen molar-refractivity contribution in [3.05, 3.63) is 42.1 Å². The van der Waals surface area contributed by atoms with Crippen LogP contribution in [0, 0.1) is 12.7 Å². The zero-order valence-electron chi connectivity index (χ0n) is 10.1. The maximum atomic E-state index is 13.7. The van der Waals surface area contributed by atoms with Gasteiger partial charge in [-0.25, -0.2) is 9.37 Å². The predicted octanol–water partition coefficient (Wildman–Crippen LogP) is 2.48. The standard InChI is InChI=1S/C13H11FN4/c1-8-16-13(17-18(8)2)9-6-10-11(14)4-3-5-12(10)15-7-9/h3-7H,1-2H3. The molecule has 0 atom stereocenters. The van der Waals surface area contributed by atoms with Crippen LogP contribution in [-0.2, 0) is 7.05 Å². The Balaban J connectivity index is 2.21. The lowest BCUT2D eigenvalue weighted by Gasteiger charge is -2.00. The zero-order valence-corrected chi connectivity index (χ0v) is 10.1. The van der Waals surface area contributed by atoms with Gasteiger partial charge in [-0.3, -0.25) is 9.67 Å². The summed E-state index contributed by atoms with van der Waals surface area (Å²) in [6.45, 7) is 1.87. The van der Waals surface area contributed by atoms with Crippen molar-refractivity contribution in [3.8, 4) is 11.4 Å². The Morgan fingerprint density at radius 1 is 1.28 bits per heavy atom. The van der Waals surface area contributed by atoms with Crippen LogP contribution in [0.5, 0.6) is 0 Å². The first-order valence-electron chi connectivity index (χ1n) is 5.57. The second kappa shape index (κ2) is 3.87. The number of aromatic nitrogens is 4. The molecule has 0 unspecified atom stereocenters. The van der Waals surface area contributed by atoms with Gasteiger partial charge >= 0.3 is 0 Å². The third-order valence-electron chi connectivity index (χ3n) is 2.91. The Kier molecular flexibility index (Phi) is 2.33. The third kappa shape index (κ3) is 1.64. The van der Waals surface area contributed by atoms with Crippen LogP contribution in [0.3, 0.4) is 0 Å². The molecule has 3 rings (SSSR count). The molecule has 4 nitrogen and oxygen atoms in total. The van der Waals surface area contributed by atoms with Crippen molar-refractivity contribution in [1.82, 2.24) is 19.7 Å². The molecule has 3 aromatic rings. The van der Waals surface area contributed by atoms with Gasteiger partial charge in [0.05, 0.1) is 5.52 Å². The lowest BCUT2D eigenvalue weighted by molar-refractivity contribution is 0.639. The quantitative estimate of drug-likeness (QED) is 0.658. The van der Waals surface area contributed by atoms with Crippen molar-refractivity contribution < 1.29 is 4.39 Å². The number of halogens is 1. The third-order valence-corrected chi connectivity index (χ3v) is 2.91. The Morgan fingerprint density at radius 2 is 2.11 bits per heavy atom. The molecule has 18 heavy (non-hydrogen) atoms. The first-order chi connectivity index (χ1) is 8.65. The van der Waals surface area contributed by atoms with Crippen molar-refractivity contribution in [2.75, 3.05) is 0 Å². The highest BCUT2D eigenvalue weighted by Gasteiger charge is 2.09. The first-order valence-corrected chi connectivity index (χ1v) is 5.57. The highest BCUT2D eigenvalue weighted by atomic mass is 19.1. The topological polar surface area (TPSA) is 43.6 Å². The van der Waals surface area contributed by atoms with E-state index in [0.717, 1.165) is 11.4 Å². The molecule has 0 N–H and O–H groups in total. The van der Waals surface area contributed by atoms with E-state index in [1.54, 1.807) is 29.1 Å². The van der Waals surface area contributed by atoms with E-state index in [4.69, 9.17) is 0 Å². The Labute approximate surface area is 103 Å². The van der Waals surface area contributed by atoms with Crippen molar-refractivity contribution in [2.45, 2.75) is 6.92 Å². The van der Waals surface area contributed by atoms with Crippen molar-refractivity contribution in [3.63, 3.8) is 0 Å². The average Bonchev–Trinajstić information content (AvgIpc) is 2.70. The van der Waals surface area contributed by atoms with Crippen LogP contribution in [0.4, 0.5) is 4.39 Å². The molecular formula is C13H11FN4. The first kappa shape index (κ1) is 10.8. The van der Waals surface area contributed by atoms with Gasteiger partial charge in [0.1, 0.15) is 11.6 Å². The molecular weight excluding hydrogens is 231 g/mol. The number of nitrogens with zero attached hydrogens (tertiary/aromatic N) is 4. The smallest absolute Gasteiger partial charge is 0.182 e. The number of fused-ring (bicyclic) bond motifs is 1. The molecule has 2 heterocycles. The van der Waals surface area contributed by atoms with Gasteiger partial charge in [-0.1, -0.05) is 6.07 Å². The van der Waals surface area contributed by atoms with Gasteiger partial charge < -0.3 is 0 Å². The molecule has 90 valence electrons. The van der Waals surface area contributed by atoms with Crippen LogP contribution in [0.25, 0.3) is 22.3 Å². The van der Waals surface area contributed by atoms with Gasteiger partial charge in [-0.05, 0) is 25.1 Å². The fourth-order valence-electron chi connectivity index (χ4n) is 1.82. The van der Waals surface area contributed by atoms with Crippen LogP contribution in [-0.4, -0.2) is 19.7 Å². The number of hydrogen-bond acceptors (Lipinski definition) is 3. The second-order valence-corrected chi connectivity index (χ2v) is 4.14. The minimum absolute atomic E-state index is 0.283. The summed E-state index contributed by atoms with van der Waals surface area (Å²) in [4.78, 5) is 8.53. The summed E-state index contributed by atoms with van der Waals surface area (Å²) < 4.78 is 15.4. The van der Waals surface area contributed by atoms with E-state index < -0.39 is 0 Å². The summed E-state index contributed by atoms with van der Waals surface area (Å²) in [7, 11) is 1.82. The molecule has 0 spiro atoms. The van der Waals surface area contributed by atoms with E-state index >= 15 is 0 Å². The Bertz CT molecular complexity index is 713. The predicted molar refractivity (Wildman–Crippen MR) is 66.4 cm³/mol. The molecule has 0 aliphatic carbocycles. The van der Waals surface area contributed by atoms with E-state index in [1.165, 1.54) is 6.07 Å². The number of pyridine rings is 1. The van der Waals surface area contributed by atoms with Crippen LogP contribution in [0.15, 0.2) is 30.5 Å². The molecule has 0 fully saturated rings. The van der Waals surface area contributed by atoms with E-state index in [9.17, 15) is 4.39 Å². The largest absolute Gasteiger partial charge is 0.255 e. The average molecular weight is 242 g/mol. The van der Waals surface area contributed by atoms with Gasteiger partial charge in [-0.2, -0.15) is 5.10 Å². The normalized spacial score (nSPS) is 11.1. The van der Waals surface area contributed by atoms with Gasteiger partial charge in [-0.15, -0.1) is 0 Å². The second-order valence-electron chi connectivity index (χ2n) is 4.14. The molecule has 0 saturated heterocycles. The monoisotopic (exact) mass is 242 g/mol. The molecule has 5 heteroatoms. The maximum absolute atomic E-state index is 13.7. The van der Waals surface area contributed by atoms with Crippen molar-refractivity contribution in [2.24, 2.45) is 7.05 Å². The summed E-state index contributed by atoms with van der Waals surface area (Å²) in [5.74, 6) is 1.08. The van der Waals surface area contributed by atoms with Crippen LogP contribution < -0.4 is 0 Å². The highest BCUT2D eigenvalue weighted by Crippen LogP contribution is 2.22. The fourth-order valence-corrected chi connectivity index (χ4v) is 1.82. The molecule has 2 aromatic heterocycles. The van der Waals surface area contributed by atoms with Gasteiger partial charge in [0, 0.05) is 24.2 Å². The molecule has 0 amide bonds. The van der Waals surface area contributed by atoms with Crippen molar-refractivity contribution >= 4 is 10.9 Å². The minimum atomic E-state index is -0.283. The van der Waals surface area contributed by atoms with Gasteiger partial charge in [0.2, 0.25) is 0 Å². The summed E-state index contributed by atoms with van der Waals surface area (Å²) in [5.41, 5.74) is 1.35. The van der Waals surface area contributed by atoms with Crippen LogP contribution in [0.1, 0.15) is 5.82 Å². The lowest BCUT2D eigenvalue weighted by Crippen LogP contribution is -1.92. The fraction of sp³-hybridized carbons (Fsp3) is 0.154. The summed E-state index contributed by atoms with van der Waals surface area (Å²) in [6.07, 6.45) is 1.66. The van der Waals surface area contributed by atoms with Gasteiger partial charge in [0.25, 0.3) is 0 Å². The highest BCUT2D eigenvalue weighted by molar-refractivity contribution is 5.82. The summed E-state index contributed by atoms with van der Waals surface area (Å²) in [5, 5.41) is 4.75. The molecule has 1 aromatic carbocycles. The summed E-state index contributed by atoms with van der Waals surface area (Å²) >= 11 is 0. The summed E-state index contributed by atoms with van der Waals surface area (Å²) in [6, 6.07) is 6.57. The zero-order chi connectivity index (χ0) is 12.7. The Hall–Kier alpha value is -2.30. The minimum Gasteiger partial charge on any atom is -0.255 e. The van der Waals surface area contributed by atoms with E-state index in [1.807, 2.05) is 14.0 Å².